The molecule has 0 saturated carbocycles. The third kappa shape index (κ3) is 4.66. The van der Waals surface area contributed by atoms with Crippen LogP contribution in [0.1, 0.15) is 34.7 Å². The summed E-state index contributed by atoms with van der Waals surface area (Å²) in [5.74, 6) is -2.08. The van der Waals surface area contributed by atoms with Crippen LogP contribution >= 0.6 is 0 Å². The summed E-state index contributed by atoms with van der Waals surface area (Å²) in [4.78, 5) is 16.6. The smallest absolute Gasteiger partial charge is 0.377 e. The van der Waals surface area contributed by atoms with Crippen LogP contribution in [0.2, 0.25) is 0 Å². The zero-order chi connectivity index (χ0) is 24.7. The van der Waals surface area contributed by atoms with Gasteiger partial charge in [0.15, 0.2) is 0 Å². The molecular formula is C27H27F4N3O. The van der Waals surface area contributed by atoms with Gasteiger partial charge < -0.3 is 14.4 Å². The lowest BCUT2D eigenvalue weighted by Crippen LogP contribution is -2.32. The molecule has 2 aliphatic rings. The number of aryl methyl sites for hydroxylation is 1. The third-order valence-corrected chi connectivity index (χ3v) is 7.25. The van der Waals surface area contributed by atoms with E-state index in [0.717, 1.165) is 29.3 Å². The molecule has 3 heterocycles. The van der Waals surface area contributed by atoms with Gasteiger partial charge in [-0.25, -0.2) is 4.39 Å². The van der Waals surface area contributed by atoms with E-state index in [-0.39, 0.29) is 36.3 Å². The number of rotatable bonds is 3. The Hall–Kier alpha value is -3.29. The Bertz CT molecular complexity index is 1250. The van der Waals surface area contributed by atoms with Gasteiger partial charge in [0.1, 0.15) is 5.82 Å². The summed E-state index contributed by atoms with van der Waals surface area (Å²) in [6, 6.07) is 13.6. The van der Waals surface area contributed by atoms with Crippen LogP contribution in [0.25, 0.3) is 10.9 Å². The average molecular weight is 486 g/mol. The van der Waals surface area contributed by atoms with Crippen LogP contribution in [-0.4, -0.2) is 52.6 Å². The van der Waals surface area contributed by atoms with Crippen molar-refractivity contribution in [2.75, 3.05) is 26.2 Å². The first-order valence-corrected chi connectivity index (χ1v) is 11.8. The van der Waals surface area contributed by atoms with Gasteiger partial charge in [0.05, 0.1) is 17.0 Å². The van der Waals surface area contributed by atoms with Crippen molar-refractivity contribution in [3.63, 3.8) is 0 Å². The first-order valence-electron chi connectivity index (χ1n) is 11.8. The van der Waals surface area contributed by atoms with Gasteiger partial charge in [-0.1, -0.05) is 24.3 Å². The molecule has 3 aromatic rings. The highest BCUT2D eigenvalue weighted by molar-refractivity contribution is 6.06. The zero-order valence-electron chi connectivity index (χ0n) is 19.4. The predicted octanol–water partition coefficient (Wildman–Crippen LogP) is 5.72. The van der Waals surface area contributed by atoms with Crippen molar-refractivity contribution in [1.29, 1.82) is 0 Å². The highest BCUT2D eigenvalue weighted by atomic mass is 19.4. The lowest BCUT2D eigenvalue weighted by Gasteiger charge is -2.32. The van der Waals surface area contributed by atoms with Crippen LogP contribution in [0, 0.1) is 11.7 Å². The number of carbonyl (C=O) groups excluding carboxylic acids is 1. The molecule has 8 heteroatoms. The van der Waals surface area contributed by atoms with E-state index in [1.807, 2.05) is 34.8 Å². The largest absolute Gasteiger partial charge is 0.397 e. The van der Waals surface area contributed by atoms with E-state index in [2.05, 4.69) is 0 Å². The van der Waals surface area contributed by atoms with Crippen LogP contribution < -0.4 is 0 Å². The number of halogens is 4. The summed E-state index contributed by atoms with van der Waals surface area (Å²) < 4.78 is 56.9. The topological polar surface area (TPSA) is 28.5 Å². The van der Waals surface area contributed by atoms with Crippen LogP contribution in [0.5, 0.6) is 0 Å². The number of alkyl halides is 3. The number of nitrogens with zero attached hydrogens (tertiary/aromatic N) is 3. The van der Waals surface area contributed by atoms with E-state index in [1.54, 1.807) is 30.5 Å². The van der Waals surface area contributed by atoms with Crippen LogP contribution in [-0.2, 0) is 7.05 Å². The highest BCUT2D eigenvalue weighted by Gasteiger charge is 2.48. The first-order chi connectivity index (χ1) is 16.7. The molecule has 4 nitrogen and oxygen atoms in total. The van der Waals surface area contributed by atoms with Crippen molar-refractivity contribution in [3.8, 4) is 0 Å². The monoisotopic (exact) mass is 485 g/mol. The molecule has 5 rings (SSSR count). The lowest BCUT2D eigenvalue weighted by atomic mass is 9.89. The highest BCUT2D eigenvalue weighted by Crippen LogP contribution is 2.39. The molecule has 2 aliphatic heterocycles. The SMILES string of the molecule is Cn1ccc2cccc(C(=O)N3C/C(=C\N4CCC(c5ccc(F)cc5)CC4)[C@H](C(F)(F)F)C3)c21. The van der Waals surface area contributed by atoms with Crippen molar-refractivity contribution in [2.45, 2.75) is 24.9 Å². The van der Waals surface area contributed by atoms with Crippen molar-refractivity contribution >= 4 is 16.8 Å². The van der Waals surface area contributed by atoms with Crippen LogP contribution in [0.4, 0.5) is 17.6 Å². The number of fused-ring (bicyclic) bond motifs is 1. The molecule has 0 radical (unpaired) electrons. The average Bonchev–Trinajstić information content (AvgIpc) is 3.44. The number of benzene rings is 2. The van der Waals surface area contributed by atoms with E-state index >= 15 is 0 Å². The number of aromatic nitrogens is 1. The molecule has 2 aromatic carbocycles. The van der Waals surface area contributed by atoms with E-state index in [0.29, 0.717) is 18.7 Å². The molecule has 2 fully saturated rings. The molecule has 35 heavy (non-hydrogen) atoms. The van der Waals surface area contributed by atoms with Gasteiger partial charge in [0.25, 0.3) is 5.91 Å². The Morgan fingerprint density at radius 2 is 1.74 bits per heavy atom. The van der Waals surface area contributed by atoms with E-state index in [1.165, 1.54) is 17.0 Å². The number of carbonyl (C=O) groups is 1. The molecule has 0 aliphatic carbocycles. The van der Waals surface area contributed by atoms with Gasteiger partial charge in [-0.05, 0) is 54.2 Å². The Morgan fingerprint density at radius 3 is 2.43 bits per heavy atom. The molecule has 2 saturated heterocycles. The van der Waals surface area contributed by atoms with Gasteiger partial charge in [0.2, 0.25) is 0 Å². The normalized spacial score (nSPS) is 20.8. The molecule has 0 unspecified atom stereocenters. The Labute approximate surface area is 201 Å². The number of hydrogen-bond donors (Lipinski definition) is 0. The quantitative estimate of drug-likeness (QED) is 0.445. The molecule has 0 N–H and O–H groups in total. The number of para-hydroxylation sites is 1. The Morgan fingerprint density at radius 1 is 1.03 bits per heavy atom. The van der Waals surface area contributed by atoms with Crippen LogP contribution in [0.3, 0.4) is 0 Å². The van der Waals surface area contributed by atoms with E-state index in [9.17, 15) is 22.4 Å². The molecule has 1 amide bonds. The second-order valence-electron chi connectivity index (χ2n) is 9.52. The molecule has 0 bridgehead atoms. The third-order valence-electron chi connectivity index (χ3n) is 7.25. The van der Waals surface area contributed by atoms with Crippen LogP contribution in [0.15, 0.2) is 66.5 Å². The maximum atomic E-state index is 14.0. The fraction of sp³-hybridized carbons (Fsp3) is 0.370. The molecular weight excluding hydrogens is 458 g/mol. The van der Waals surface area contributed by atoms with Gasteiger partial charge in [-0.15, -0.1) is 0 Å². The van der Waals surface area contributed by atoms with Gasteiger partial charge in [-0.2, -0.15) is 13.2 Å². The fourth-order valence-corrected chi connectivity index (χ4v) is 5.36. The second kappa shape index (κ2) is 9.06. The Balaban J connectivity index is 1.33. The summed E-state index contributed by atoms with van der Waals surface area (Å²) in [7, 11) is 1.82. The minimum absolute atomic E-state index is 0.0400. The minimum atomic E-state index is -4.43. The molecule has 184 valence electrons. The number of hydrogen-bond acceptors (Lipinski definition) is 2. The van der Waals surface area contributed by atoms with Gasteiger partial charge >= 0.3 is 6.18 Å². The van der Waals surface area contributed by atoms with Gasteiger partial charge in [-0.3, -0.25) is 4.79 Å². The maximum Gasteiger partial charge on any atom is 0.397 e. The van der Waals surface area contributed by atoms with E-state index in [4.69, 9.17) is 0 Å². The summed E-state index contributed by atoms with van der Waals surface area (Å²) in [6.45, 7) is 0.822. The lowest BCUT2D eigenvalue weighted by molar-refractivity contribution is -0.161. The molecule has 1 atom stereocenters. The van der Waals surface area contributed by atoms with Crippen molar-refractivity contribution in [2.24, 2.45) is 13.0 Å². The van der Waals surface area contributed by atoms with Crippen molar-refractivity contribution in [1.82, 2.24) is 14.4 Å². The molecule has 1 aromatic heterocycles. The first kappa shape index (κ1) is 23.5. The summed E-state index contributed by atoms with van der Waals surface area (Å²) in [6.07, 6.45) is 0.596. The summed E-state index contributed by atoms with van der Waals surface area (Å²) in [5.41, 5.74) is 2.42. The number of amides is 1. The predicted molar refractivity (Wildman–Crippen MR) is 126 cm³/mol. The second-order valence-corrected chi connectivity index (χ2v) is 9.52. The minimum Gasteiger partial charge on any atom is -0.377 e. The number of piperidine rings is 1. The van der Waals surface area contributed by atoms with Gasteiger partial charge in [0, 0.05) is 51.0 Å². The standard InChI is InChI=1S/C27H27F4N3O/c1-32-12-9-20-3-2-4-23(25(20)32)26(35)34-16-21(24(17-34)27(29,30)31)15-33-13-10-19(11-14-33)18-5-7-22(28)8-6-18/h2-9,12,15,19,24H,10-11,13-14,16-17H2,1H3/b21-15+/t24-/m1/s1. The summed E-state index contributed by atoms with van der Waals surface area (Å²) >= 11 is 0. The Kier molecular flexibility index (Phi) is 6.07. The summed E-state index contributed by atoms with van der Waals surface area (Å²) in [5, 5.41) is 0.879. The zero-order valence-corrected chi connectivity index (χ0v) is 19.4. The maximum absolute atomic E-state index is 14.0. The van der Waals surface area contributed by atoms with E-state index < -0.39 is 12.1 Å². The van der Waals surface area contributed by atoms with Crippen molar-refractivity contribution < 1.29 is 22.4 Å². The van der Waals surface area contributed by atoms with Crippen molar-refractivity contribution in [3.05, 3.63) is 83.4 Å². The fourth-order valence-electron chi connectivity index (χ4n) is 5.36. The number of likely N-dealkylation sites (tertiary alicyclic amines) is 2. The molecule has 0 spiro atoms.